The van der Waals surface area contributed by atoms with Crippen LogP contribution in [0.2, 0.25) is 5.02 Å². The molecule has 0 amide bonds. The molecule has 0 radical (unpaired) electrons. The number of sulfone groups is 1. The van der Waals surface area contributed by atoms with Crippen LogP contribution in [-0.4, -0.2) is 54.5 Å². The molecule has 3 heterocycles. The zero-order valence-corrected chi connectivity index (χ0v) is 16.9. The van der Waals surface area contributed by atoms with Crippen molar-refractivity contribution >= 4 is 27.2 Å². The Kier molecular flexibility index (Phi) is 5.15. The number of rotatable bonds is 6. The minimum atomic E-state index is -3.89. The number of carbonyl (C=O) groups is 1. The molecule has 0 saturated heterocycles. The van der Waals surface area contributed by atoms with Crippen molar-refractivity contribution in [3.05, 3.63) is 34.1 Å². The standard InChI is InChI=1S/C18H20ClN3O5S/c1-26-12-8-22-18(27-9-12)6-17(21-22)28(24,25)10-11(23)5-14-13-3-2-4-16(13)20-7-15(14)19/h6-7,12H,2-5,8-10H2,1H3. The van der Waals surface area contributed by atoms with Crippen LogP contribution in [0, 0.1) is 0 Å². The van der Waals surface area contributed by atoms with Crippen molar-refractivity contribution < 1.29 is 22.7 Å². The molecule has 2 aliphatic rings. The molecule has 10 heteroatoms. The van der Waals surface area contributed by atoms with Crippen molar-refractivity contribution in [3.63, 3.8) is 0 Å². The van der Waals surface area contributed by atoms with E-state index in [1.165, 1.54) is 16.9 Å². The number of pyridine rings is 1. The second kappa shape index (κ2) is 7.46. The summed E-state index contributed by atoms with van der Waals surface area (Å²) in [7, 11) is -2.33. The molecule has 0 fully saturated rings. The summed E-state index contributed by atoms with van der Waals surface area (Å²) in [6, 6.07) is 1.35. The molecule has 1 aliphatic heterocycles. The monoisotopic (exact) mass is 425 g/mol. The fourth-order valence-corrected chi connectivity index (χ4v) is 5.03. The Hall–Kier alpha value is -1.97. The van der Waals surface area contributed by atoms with Crippen LogP contribution in [-0.2, 0) is 45.2 Å². The van der Waals surface area contributed by atoms with Crippen LogP contribution in [0.15, 0.2) is 17.3 Å². The van der Waals surface area contributed by atoms with Gasteiger partial charge in [0.2, 0.25) is 15.7 Å². The first-order valence-electron chi connectivity index (χ1n) is 9.00. The van der Waals surface area contributed by atoms with Gasteiger partial charge in [-0.05, 0) is 30.4 Å². The molecule has 2 aromatic heterocycles. The molecule has 1 aliphatic carbocycles. The highest BCUT2D eigenvalue weighted by molar-refractivity contribution is 7.92. The first-order chi connectivity index (χ1) is 13.4. The maximum Gasteiger partial charge on any atom is 0.213 e. The van der Waals surface area contributed by atoms with Crippen LogP contribution < -0.4 is 4.74 Å². The number of nitrogens with zero attached hydrogens (tertiary/aromatic N) is 3. The van der Waals surface area contributed by atoms with Crippen molar-refractivity contribution in [2.24, 2.45) is 0 Å². The molecule has 0 bridgehead atoms. The molecule has 8 nitrogen and oxygen atoms in total. The highest BCUT2D eigenvalue weighted by Gasteiger charge is 2.29. The zero-order chi connectivity index (χ0) is 19.9. The third-order valence-corrected chi connectivity index (χ3v) is 6.93. The molecule has 2 aromatic rings. The Labute approximate surface area is 167 Å². The van der Waals surface area contributed by atoms with Crippen LogP contribution in [0.3, 0.4) is 0 Å². The van der Waals surface area contributed by atoms with Crippen LogP contribution in [0.4, 0.5) is 0 Å². The fourth-order valence-electron chi connectivity index (χ4n) is 3.62. The van der Waals surface area contributed by atoms with Gasteiger partial charge in [-0.1, -0.05) is 11.6 Å². The number of halogens is 1. The van der Waals surface area contributed by atoms with Gasteiger partial charge in [0, 0.05) is 31.5 Å². The third kappa shape index (κ3) is 3.66. The lowest BCUT2D eigenvalue weighted by molar-refractivity contribution is -0.116. The van der Waals surface area contributed by atoms with E-state index < -0.39 is 21.4 Å². The third-order valence-electron chi connectivity index (χ3n) is 5.07. The summed E-state index contributed by atoms with van der Waals surface area (Å²) in [6.07, 6.45) is 3.94. The van der Waals surface area contributed by atoms with Gasteiger partial charge in [-0.25, -0.2) is 13.1 Å². The number of fused-ring (bicyclic) bond motifs is 2. The van der Waals surface area contributed by atoms with Crippen LogP contribution >= 0.6 is 11.6 Å². The van der Waals surface area contributed by atoms with Gasteiger partial charge < -0.3 is 9.47 Å². The van der Waals surface area contributed by atoms with E-state index in [9.17, 15) is 13.2 Å². The van der Waals surface area contributed by atoms with Crippen molar-refractivity contribution in [1.29, 1.82) is 0 Å². The average Bonchev–Trinajstić information content (AvgIpc) is 3.30. The predicted molar refractivity (Wildman–Crippen MR) is 101 cm³/mol. The average molecular weight is 426 g/mol. The lowest BCUT2D eigenvalue weighted by Crippen LogP contribution is -2.31. The first-order valence-corrected chi connectivity index (χ1v) is 11.0. The molecule has 0 aromatic carbocycles. The Morgan fingerprint density at radius 1 is 1.43 bits per heavy atom. The normalized spacial score (nSPS) is 18.4. The highest BCUT2D eigenvalue weighted by atomic mass is 35.5. The summed E-state index contributed by atoms with van der Waals surface area (Å²) in [5.74, 6) is -0.705. The van der Waals surface area contributed by atoms with E-state index in [4.69, 9.17) is 21.1 Å². The molecular weight excluding hydrogens is 406 g/mol. The van der Waals surface area contributed by atoms with E-state index in [2.05, 4.69) is 10.1 Å². The van der Waals surface area contributed by atoms with E-state index in [-0.39, 0.29) is 17.6 Å². The lowest BCUT2D eigenvalue weighted by atomic mass is 10.0. The first kappa shape index (κ1) is 19.4. The summed E-state index contributed by atoms with van der Waals surface area (Å²) in [6.45, 7) is 0.723. The Morgan fingerprint density at radius 3 is 3.04 bits per heavy atom. The molecule has 0 spiro atoms. The number of hydrogen-bond acceptors (Lipinski definition) is 7. The van der Waals surface area contributed by atoms with Gasteiger partial charge in [-0.3, -0.25) is 9.78 Å². The Bertz CT molecular complexity index is 1030. The summed E-state index contributed by atoms with van der Waals surface area (Å²) in [4.78, 5) is 16.9. The van der Waals surface area contributed by atoms with Crippen LogP contribution in [0.5, 0.6) is 5.88 Å². The van der Waals surface area contributed by atoms with E-state index in [0.29, 0.717) is 29.6 Å². The fraction of sp³-hybridized carbons (Fsp3) is 0.500. The van der Waals surface area contributed by atoms with Crippen molar-refractivity contribution in [1.82, 2.24) is 14.8 Å². The van der Waals surface area contributed by atoms with E-state index in [0.717, 1.165) is 30.5 Å². The van der Waals surface area contributed by atoms with E-state index in [1.54, 1.807) is 7.11 Å². The summed E-state index contributed by atoms with van der Waals surface area (Å²) in [5.41, 5.74) is 2.62. The Balaban J connectivity index is 1.51. The lowest BCUT2D eigenvalue weighted by Gasteiger charge is -2.22. The molecule has 28 heavy (non-hydrogen) atoms. The number of carbonyl (C=O) groups excluding carboxylic acids is 1. The molecular formula is C18H20ClN3O5S. The zero-order valence-electron chi connectivity index (χ0n) is 15.4. The summed E-state index contributed by atoms with van der Waals surface area (Å²) < 4.78 is 37.5. The maximum absolute atomic E-state index is 12.7. The van der Waals surface area contributed by atoms with Crippen LogP contribution in [0.1, 0.15) is 23.2 Å². The van der Waals surface area contributed by atoms with Gasteiger partial charge in [0.05, 0.1) is 11.6 Å². The smallest absolute Gasteiger partial charge is 0.213 e. The van der Waals surface area contributed by atoms with Gasteiger partial charge in [0.25, 0.3) is 0 Å². The minimum Gasteiger partial charge on any atom is -0.475 e. The van der Waals surface area contributed by atoms with Crippen molar-refractivity contribution in [3.8, 4) is 5.88 Å². The van der Waals surface area contributed by atoms with E-state index >= 15 is 0 Å². The Morgan fingerprint density at radius 2 is 2.25 bits per heavy atom. The number of hydrogen-bond donors (Lipinski definition) is 0. The topological polar surface area (TPSA) is 100 Å². The molecule has 1 atom stereocenters. The number of aryl methyl sites for hydroxylation is 1. The number of aromatic nitrogens is 3. The molecule has 0 N–H and O–H groups in total. The van der Waals surface area contributed by atoms with Gasteiger partial charge in [0.1, 0.15) is 18.5 Å². The molecule has 4 rings (SSSR count). The molecule has 0 saturated carbocycles. The summed E-state index contributed by atoms with van der Waals surface area (Å²) in [5, 5.41) is 4.33. The van der Waals surface area contributed by atoms with Gasteiger partial charge in [-0.2, -0.15) is 5.10 Å². The number of ether oxygens (including phenoxy) is 2. The molecule has 1 unspecified atom stereocenters. The van der Waals surface area contributed by atoms with Gasteiger partial charge in [0.15, 0.2) is 10.8 Å². The number of methoxy groups -OCH3 is 1. The summed E-state index contributed by atoms with van der Waals surface area (Å²) >= 11 is 6.23. The SMILES string of the molecule is COC1COc2cc(S(=O)(=O)CC(=O)Cc3c(Cl)cnc4c3CCC4)nn2C1. The van der Waals surface area contributed by atoms with E-state index in [1.807, 2.05) is 0 Å². The maximum atomic E-state index is 12.7. The predicted octanol–water partition coefficient (Wildman–Crippen LogP) is 1.41. The van der Waals surface area contributed by atoms with Crippen molar-refractivity contribution in [2.75, 3.05) is 19.5 Å². The molecule has 150 valence electrons. The second-order valence-corrected chi connectivity index (χ2v) is 9.35. The van der Waals surface area contributed by atoms with Crippen LogP contribution in [0.25, 0.3) is 0 Å². The highest BCUT2D eigenvalue weighted by Crippen LogP contribution is 2.29. The van der Waals surface area contributed by atoms with Crippen molar-refractivity contribution in [2.45, 2.75) is 43.4 Å². The second-order valence-electron chi connectivity index (χ2n) is 7.01. The minimum absolute atomic E-state index is 0.0290. The number of ketones is 1. The number of Topliss-reactive ketones (excluding diaryl/α,β-unsaturated/α-hetero) is 1. The largest absolute Gasteiger partial charge is 0.475 e. The quantitative estimate of drug-likeness (QED) is 0.689. The van der Waals surface area contributed by atoms with Gasteiger partial charge in [-0.15, -0.1) is 0 Å². The van der Waals surface area contributed by atoms with Gasteiger partial charge >= 0.3 is 0 Å².